The summed E-state index contributed by atoms with van der Waals surface area (Å²) in [4.78, 5) is 19.8. The van der Waals surface area contributed by atoms with Crippen molar-refractivity contribution in [3.05, 3.63) is 65.4 Å². The minimum atomic E-state index is -0.106. The molecule has 1 saturated heterocycles. The van der Waals surface area contributed by atoms with Gasteiger partial charge in [-0.2, -0.15) is 5.10 Å². The molecule has 1 amide bonds. The van der Waals surface area contributed by atoms with Crippen LogP contribution in [0.2, 0.25) is 0 Å². The highest BCUT2D eigenvalue weighted by Crippen LogP contribution is 2.38. The van der Waals surface area contributed by atoms with Crippen molar-refractivity contribution >= 4 is 16.9 Å². The Morgan fingerprint density at radius 2 is 1.87 bits per heavy atom. The van der Waals surface area contributed by atoms with Crippen molar-refractivity contribution in [1.82, 2.24) is 25.4 Å². The van der Waals surface area contributed by atoms with E-state index in [1.165, 1.54) is 48.9 Å². The molecule has 0 spiro atoms. The first kappa shape index (κ1) is 24.3. The van der Waals surface area contributed by atoms with E-state index in [2.05, 4.69) is 63.5 Å². The van der Waals surface area contributed by atoms with Crippen molar-refractivity contribution in [3.8, 4) is 28.1 Å². The molecule has 7 rings (SSSR count). The van der Waals surface area contributed by atoms with Crippen LogP contribution in [0.15, 0.2) is 48.7 Å². The van der Waals surface area contributed by atoms with E-state index in [1.54, 1.807) is 0 Å². The van der Waals surface area contributed by atoms with Gasteiger partial charge in [-0.05, 0) is 93.8 Å². The number of H-pyrrole nitrogens is 1. The number of aryl methyl sites for hydroxylation is 2. The maximum atomic E-state index is 12.3. The highest BCUT2D eigenvalue weighted by atomic mass is 16.5. The minimum absolute atomic E-state index is 0.106. The van der Waals surface area contributed by atoms with Gasteiger partial charge in [0.2, 0.25) is 0 Å². The second kappa shape index (κ2) is 9.49. The number of ether oxygens (including phenoxy) is 1. The average Bonchev–Trinajstić information content (AvgIpc) is 3.49. The maximum Gasteiger partial charge on any atom is 0.255 e. The number of fused-ring (bicyclic) bond motifs is 3. The zero-order chi connectivity index (χ0) is 26.6. The Morgan fingerprint density at radius 3 is 2.72 bits per heavy atom. The molecule has 1 unspecified atom stereocenters. The number of amides is 1. The highest BCUT2D eigenvalue weighted by Gasteiger charge is 2.38. The predicted octanol–water partition coefficient (Wildman–Crippen LogP) is 5.54. The summed E-state index contributed by atoms with van der Waals surface area (Å²) in [7, 11) is 0. The van der Waals surface area contributed by atoms with Crippen LogP contribution in [0.3, 0.4) is 0 Å². The molecule has 7 heteroatoms. The Labute approximate surface area is 229 Å². The van der Waals surface area contributed by atoms with Crippen molar-refractivity contribution in [2.45, 2.75) is 64.0 Å². The van der Waals surface area contributed by atoms with Crippen LogP contribution in [-0.4, -0.2) is 57.3 Å². The van der Waals surface area contributed by atoms with Gasteiger partial charge in [-0.3, -0.25) is 14.8 Å². The van der Waals surface area contributed by atoms with E-state index < -0.39 is 0 Å². The Kier molecular flexibility index (Phi) is 5.92. The van der Waals surface area contributed by atoms with Gasteiger partial charge in [0.15, 0.2) is 5.65 Å². The molecule has 200 valence electrons. The molecular weight excluding hydrogens is 486 g/mol. The fourth-order valence-corrected chi connectivity index (χ4v) is 6.92. The van der Waals surface area contributed by atoms with Crippen LogP contribution in [0.25, 0.3) is 33.4 Å². The topological polar surface area (TPSA) is 83.1 Å². The minimum Gasteiger partial charge on any atom is -0.491 e. The molecule has 0 saturated carbocycles. The largest absolute Gasteiger partial charge is 0.491 e. The Balaban J connectivity index is 1.20. The number of hydrogen-bond donors (Lipinski definition) is 2. The average molecular weight is 522 g/mol. The molecule has 7 nitrogen and oxygen atoms in total. The number of benzene rings is 2. The van der Waals surface area contributed by atoms with E-state index in [-0.39, 0.29) is 11.4 Å². The van der Waals surface area contributed by atoms with Gasteiger partial charge in [0.05, 0.1) is 17.8 Å². The lowest BCUT2D eigenvalue weighted by atomic mass is 9.89. The van der Waals surface area contributed by atoms with E-state index in [9.17, 15) is 4.79 Å². The molecule has 4 heterocycles. The first-order chi connectivity index (χ1) is 19.0. The lowest BCUT2D eigenvalue weighted by Crippen LogP contribution is -2.48. The van der Waals surface area contributed by atoms with Gasteiger partial charge in [0.25, 0.3) is 5.91 Å². The van der Waals surface area contributed by atoms with E-state index in [0.717, 1.165) is 35.0 Å². The molecule has 39 heavy (non-hydrogen) atoms. The van der Waals surface area contributed by atoms with Crippen LogP contribution < -0.4 is 10.1 Å². The molecule has 2 aromatic heterocycles. The fourth-order valence-electron chi connectivity index (χ4n) is 6.92. The molecule has 2 aliphatic heterocycles. The molecular formula is C32H35N5O2. The SMILES string of the molecule is C[C@@H]1CCCN1C1(C)CCc2ccc(-c3cnc4n[nH]c(-c5ccc6c(c5)OCCNC6=O)c4c3)cc2CC1. The summed E-state index contributed by atoms with van der Waals surface area (Å²) >= 11 is 0. The van der Waals surface area contributed by atoms with Gasteiger partial charge < -0.3 is 10.1 Å². The van der Waals surface area contributed by atoms with E-state index in [4.69, 9.17) is 4.74 Å². The second-order valence-corrected chi connectivity index (χ2v) is 11.7. The zero-order valence-electron chi connectivity index (χ0n) is 22.7. The number of likely N-dealkylation sites (tertiary alicyclic amines) is 1. The number of aromatic amines is 1. The zero-order valence-corrected chi connectivity index (χ0v) is 22.7. The number of nitrogens with one attached hydrogen (secondary N) is 2. The lowest BCUT2D eigenvalue weighted by Gasteiger charge is -2.41. The van der Waals surface area contributed by atoms with Gasteiger partial charge >= 0.3 is 0 Å². The summed E-state index contributed by atoms with van der Waals surface area (Å²) in [5.41, 5.74) is 8.53. The van der Waals surface area contributed by atoms with Crippen LogP contribution in [0, 0.1) is 0 Å². The monoisotopic (exact) mass is 521 g/mol. The van der Waals surface area contributed by atoms with E-state index in [1.807, 2.05) is 24.4 Å². The van der Waals surface area contributed by atoms with Crippen molar-refractivity contribution in [3.63, 3.8) is 0 Å². The highest BCUT2D eigenvalue weighted by molar-refractivity contribution is 5.99. The predicted molar refractivity (Wildman–Crippen MR) is 153 cm³/mol. The number of pyridine rings is 1. The van der Waals surface area contributed by atoms with Crippen LogP contribution in [0.1, 0.15) is 61.0 Å². The summed E-state index contributed by atoms with van der Waals surface area (Å²) in [6.45, 7) is 7.07. The standard InChI is InChI=1S/C32H35N5O2/c1-20-4-3-14-37(20)32(2)11-9-21-5-6-22(16-23(21)10-12-32)25-17-27-29(35-36-30(27)34-19-25)24-7-8-26-28(18-24)39-15-13-33-31(26)38/h5-8,16-20H,3-4,9-15H2,1-2H3,(H,33,38)(H,34,35,36)/t20-,32?/m1/s1. The molecule has 2 atom stereocenters. The van der Waals surface area contributed by atoms with Gasteiger partial charge in [0.1, 0.15) is 12.4 Å². The number of rotatable bonds is 3. The van der Waals surface area contributed by atoms with Crippen LogP contribution in [-0.2, 0) is 12.8 Å². The summed E-state index contributed by atoms with van der Waals surface area (Å²) < 4.78 is 5.84. The molecule has 4 aromatic rings. The summed E-state index contributed by atoms with van der Waals surface area (Å²) in [6, 6.07) is 15.5. The molecule has 3 aliphatic rings. The number of carbonyl (C=O) groups is 1. The van der Waals surface area contributed by atoms with E-state index in [0.29, 0.717) is 36.2 Å². The quantitative estimate of drug-likeness (QED) is 0.346. The third-order valence-corrected chi connectivity index (χ3v) is 9.22. The maximum absolute atomic E-state index is 12.3. The Hall–Kier alpha value is -3.71. The third-order valence-electron chi connectivity index (χ3n) is 9.22. The molecule has 2 aromatic carbocycles. The number of nitrogens with zero attached hydrogens (tertiary/aromatic N) is 3. The van der Waals surface area contributed by atoms with Crippen molar-refractivity contribution in [2.75, 3.05) is 19.7 Å². The molecule has 1 aliphatic carbocycles. The van der Waals surface area contributed by atoms with E-state index >= 15 is 0 Å². The van der Waals surface area contributed by atoms with Crippen LogP contribution in [0.4, 0.5) is 0 Å². The molecule has 0 bridgehead atoms. The van der Waals surface area contributed by atoms with Crippen LogP contribution in [0.5, 0.6) is 5.75 Å². The second-order valence-electron chi connectivity index (χ2n) is 11.7. The van der Waals surface area contributed by atoms with Gasteiger partial charge in [-0.25, -0.2) is 4.98 Å². The summed E-state index contributed by atoms with van der Waals surface area (Å²) in [5.74, 6) is 0.487. The fraction of sp³-hybridized carbons (Fsp3) is 0.406. The van der Waals surface area contributed by atoms with Crippen molar-refractivity contribution in [2.24, 2.45) is 0 Å². The van der Waals surface area contributed by atoms with Gasteiger partial charge in [-0.1, -0.05) is 24.3 Å². The molecule has 0 radical (unpaired) electrons. The molecule has 2 N–H and O–H groups in total. The summed E-state index contributed by atoms with van der Waals surface area (Å²) in [6.07, 6.45) is 9.25. The number of aromatic nitrogens is 3. The molecule has 1 fully saturated rings. The van der Waals surface area contributed by atoms with Crippen molar-refractivity contribution in [1.29, 1.82) is 0 Å². The first-order valence-electron chi connectivity index (χ1n) is 14.3. The lowest BCUT2D eigenvalue weighted by molar-refractivity contribution is 0.0821. The smallest absolute Gasteiger partial charge is 0.255 e. The normalized spacial score (nSPS) is 23.4. The Morgan fingerprint density at radius 1 is 1.03 bits per heavy atom. The number of carbonyl (C=O) groups excluding carboxylic acids is 1. The third kappa shape index (κ3) is 4.29. The van der Waals surface area contributed by atoms with Gasteiger partial charge in [0, 0.05) is 34.3 Å². The Bertz CT molecular complexity index is 1580. The van der Waals surface area contributed by atoms with Gasteiger partial charge in [-0.15, -0.1) is 0 Å². The first-order valence-corrected chi connectivity index (χ1v) is 14.3. The number of hydrogen-bond acceptors (Lipinski definition) is 5. The van der Waals surface area contributed by atoms with Crippen LogP contribution >= 0.6 is 0 Å². The van der Waals surface area contributed by atoms with Crippen molar-refractivity contribution < 1.29 is 9.53 Å². The summed E-state index contributed by atoms with van der Waals surface area (Å²) in [5, 5.41) is 11.4.